The standard InChI is InChI=1S/C5H4ClNS/c1-4(6)5(2)8-3-7/h1-2H2. The maximum atomic E-state index is 8.04. The summed E-state index contributed by atoms with van der Waals surface area (Å²) in [5.41, 5.74) is 0. The van der Waals surface area contributed by atoms with E-state index in [4.69, 9.17) is 16.9 Å². The highest BCUT2D eigenvalue weighted by Crippen LogP contribution is 2.21. The second-order valence-electron chi connectivity index (χ2n) is 1.02. The fourth-order valence-corrected chi connectivity index (χ4v) is 0.447. The van der Waals surface area contributed by atoms with Gasteiger partial charge < -0.3 is 0 Å². The third-order valence-corrected chi connectivity index (χ3v) is 1.40. The number of hydrogen-bond donors (Lipinski definition) is 0. The quantitative estimate of drug-likeness (QED) is 0.440. The average Bonchev–Trinajstić information content (AvgIpc) is 1.67. The molecular formula is C5H4ClNS. The predicted molar refractivity (Wildman–Crippen MR) is 37.3 cm³/mol. The van der Waals surface area contributed by atoms with E-state index >= 15 is 0 Å². The molecule has 0 amide bonds. The number of nitriles is 1. The topological polar surface area (TPSA) is 23.8 Å². The van der Waals surface area contributed by atoms with Gasteiger partial charge in [-0.2, -0.15) is 5.26 Å². The Labute approximate surface area is 57.6 Å². The largest absolute Gasteiger partial charge is 0.185 e. The lowest BCUT2D eigenvalue weighted by molar-refractivity contribution is 1.57. The van der Waals surface area contributed by atoms with Crippen LogP contribution in [0.1, 0.15) is 0 Å². The van der Waals surface area contributed by atoms with Crippen molar-refractivity contribution in [2.75, 3.05) is 0 Å². The molecule has 0 saturated heterocycles. The number of halogens is 1. The van der Waals surface area contributed by atoms with Gasteiger partial charge in [0.15, 0.2) is 0 Å². The zero-order valence-electron chi connectivity index (χ0n) is 4.15. The van der Waals surface area contributed by atoms with E-state index in [1.165, 1.54) is 0 Å². The first-order valence-electron chi connectivity index (χ1n) is 1.78. The van der Waals surface area contributed by atoms with Crippen LogP contribution in [0.15, 0.2) is 23.1 Å². The van der Waals surface area contributed by atoms with Crippen LogP contribution in [0.25, 0.3) is 0 Å². The molecule has 0 saturated carbocycles. The zero-order valence-corrected chi connectivity index (χ0v) is 5.72. The lowest BCUT2D eigenvalue weighted by Crippen LogP contribution is -1.65. The highest BCUT2D eigenvalue weighted by molar-refractivity contribution is 8.07. The van der Waals surface area contributed by atoms with Crippen LogP contribution < -0.4 is 0 Å². The van der Waals surface area contributed by atoms with Crippen molar-refractivity contribution in [3.8, 4) is 5.40 Å². The lowest BCUT2D eigenvalue weighted by atomic mass is 10.6. The molecule has 0 spiro atoms. The summed E-state index contributed by atoms with van der Waals surface area (Å²) in [4.78, 5) is 0.508. The van der Waals surface area contributed by atoms with Crippen molar-refractivity contribution in [2.24, 2.45) is 0 Å². The Hall–Kier alpha value is -0.390. The number of hydrogen-bond acceptors (Lipinski definition) is 2. The van der Waals surface area contributed by atoms with E-state index in [1.54, 1.807) is 0 Å². The Kier molecular flexibility index (Phi) is 3.42. The molecule has 8 heavy (non-hydrogen) atoms. The SMILES string of the molecule is C=C(Cl)C(=C)SC#N. The van der Waals surface area contributed by atoms with Crippen LogP contribution in [-0.4, -0.2) is 0 Å². The number of allylic oxidation sites excluding steroid dienone is 1. The molecular weight excluding hydrogens is 142 g/mol. The molecule has 3 heteroatoms. The van der Waals surface area contributed by atoms with E-state index in [0.717, 1.165) is 11.8 Å². The van der Waals surface area contributed by atoms with Gasteiger partial charge in [-0.05, 0) is 11.8 Å². The first-order chi connectivity index (χ1) is 3.68. The van der Waals surface area contributed by atoms with Crippen LogP contribution in [0.4, 0.5) is 0 Å². The maximum absolute atomic E-state index is 8.04. The Morgan fingerprint density at radius 3 is 2.25 bits per heavy atom. The van der Waals surface area contributed by atoms with E-state index in [1.807, 2.05) is 5.40 Å². The fourth-order valence-electron chi connectivity index (χ4n) is 0.110. The number of thioether (sulfide) groups is 1. The lowest BCUT2D eigenvalue weighted by Gasteiger charge is -1.89. The van der Waals surface area contributed by atoms with Crippen LogP contribution >= 0.6 is 23.4 Å². The number of nitrogens with zero attached hydrogens (tertiary/aromatic N) is 1. The Morgan fingerprint density at radius 1 is 1.62 bits per heavy atom. The predicted octanol–water partition coefficient (Wildman–Crippen LogP) is 2.47. The molecule has 0 aliphatic rings. The number of thiocyanates is 1. The zero-order chi connectivity index (χ0) is 6.57. The van der Waals surface area contributed by atoms with Gasteiger partial charge in [0.05, 0.1) is 0 Å². The van der Waals surface area contributed by atoms with Crippen molar-refractivity contribution >= 4 is 23.4 Å². The summed E-state index contributed by atoms with van der Waals surface area (Å²) in [6.45, 7) is 6.82. The van der Waals surface area contributed by atoms with Gasteiger partial charge in [-0.1, -0.05) is 24.8 Å². The third kappa shape index (κ3) is 2.73. The second kappa shape index (κ2) is 3.59. The minimum Gasteiger partial charge on any atom is -0.185 e. The van der Waals surface area contributed by atoms with E-state index < -0.39 is 0 Å². The summed E-state index contributed by atoms with van der Waals surface area (Å²) >= 11 is 6.26. The van der Waals surface area contributed by atoms with Crippen LogP contribution in [0.3, 0.4) is 0 Å². The molecule has 0 aliphatic heterocycles. The van der Waals surface area contributed by atoms with Crippen molar-refractivity contribution in [3.05, 3.63) is 23.1 Å². The van der Waals surface area contributed by atoms with Crippen molar-refractivity contribution in [1.29, 1.82) is 5.26 Å². The van der Waals surface area contributed by atoms with Gasteiger partial charge in [-0.15, -0.1) is 0 Å². The van der Waals surface area contributed by atoms with Crippen molar-refractivity contribution in [3.63, 3.8) is 0 Å². The van der Waals surface area contributed by atoms with E-state index in [0.29, 0.717) is 9.94 Å². The summed E-state index contributed by atoms with van der Waals surface area (Å²) in [6, 6.07) is 0. The van der Waals surface area contributed by atoms with Gasteiger partial charge in [0, 0.05) is 9.94 Å². The molecule has 0 aromatic rings. The molecule has 0 radical (unpaired) electrons. The van der Waals surface area contributed by atoms with Gasteiger partial charge in [0.25, 0.3) is 0 Å². The highest BCUT2D eigenvalue weighted by Gasteiger charge is 1.93. The summed E-state index contributed by atoms with van der Waals surface area (Å²) in [5, 5.41) is 10.2. The van der Waals surface area contributed by atoms with Gasteiger partial charge in [0.1, 0.15) is 5.40 Å². The minimum absolute atomic E-state index is 0.330. The first-order valence-corrected chi connectivity index (χ1v) is 2.97. The first kappa shape index (κ1) is 7.61. The van der Waals surface area contributed by atoms with Gasteiger partial charge in [0.2, 0.25) is 0 Å². The van der Waals surface area contributed by atoms with Crippen LogP contribution in [0.2, 0.25) is 0 Å². The maximum Gasteiger partial charge on any atom is 0.138 e. The summed E-state index contributed by atoms with van der Waals surface area (Å²) in [7, 11) is 0. The van der Waals surface area contributed by atoms with E-state index in [-0.39, 0.29) is 0 Å². The van der Waals surface area contributed by atoms with Gasteiger partial charge >= 0.3 is 0 Å². The highest BCUT2D eigenvalue weighted by atomic mass is 35.5. The van der Waals surface area contributed by atoms with Crippen molar-refractivity contribution in [2.45, 2.75) is 0 Å². The molecule has 42 valence electrons. The molecule has 0 bridgehead atoms. The number of rotatable bonds is 2. The van der Waals surface area contributed by atoms with Crippen molar-refractivity contribution in [1.82, 2.24) is 0 Å². The third-order valence-electron chi connectivity index (χ3n) is 0.471. The summed E-state index contributed by atoms with van der Waals surface area (Å²) in [5.74, 6) is 0. The average molecular weight is 146 g/mol. The molecule has 1 nitrogen and oxygen atoms in total. The molecule has 0 unspecified atom stereocenters. The summed E-state index contributed by atoms with van der Waals surface area (Å²) < 4.78 is 0. The van der Waals surface area contributed by atoms with Crippen molar-refractivity contribution < 1.29 is 0 Å². The molecule has 0 rings (SSSR count). The Morgan fingerprint density at radius 2 is 2.12 bits per heavy atom. The molecule has 0 aromatic carbocycles. The fraction of sp³-hybridized carbons (Fsp3) is 0. The molecule has 0 fully saturated rings. The minimum atomic E-state index is 0.330. The van der Waals surface area contributed by atoms with Crippen LogP contribution in [-0.2, 0) is 0 Å². The van der Waals surface area contributed by atoms with Crippen LogP contribution in [0.5, 0.6) is 0 Å². The molecule has 0 aliphatic carbocycles. The van der Waals surface area contributed by atoms with Crippen LogP contribution in [0, 0.1) is 10.7 Å². The second-order valence-corrected chi connectivity index (χ2v) is 2.36. The van der Waals surface area contributed by atoms with E-state index in [9.17, 15) is 0 Å². The molecule has 0 N–H and O–H groups in total. The molecule has 0 atom stereocenters. The van der Waals surface area contributed by atoms with E-state index in [2.05, 4.69) is 13.2 Å². The molecule has 0 heterocycles. The van der Waals surface area contributed by atoms with Gasteiger partial charge in [-0.3, -0.25) is 0 Å². The normalized spacial score (nSPS) is 7.50. The summed E-state index contributed by atoms with van der Waals surface area (Å²) in [6.07, 6.45) is 0. The Bertz CT molecular complexity index is 156. The smallest absolute Gasteiger partial charge is 0.138 e. The Balaban J connectivity index is 3.71. The monoisotopic (exact) mass is 145 g/mol. The molecule has 0 aromatic heterocycles. The van der Waals surface area contributed by atoms with Gasteiger partial charge in [-0.25, -0.2) is 0 Å².